The summed E-state index contributed by atoms with van der Waals surface area (Å²) < 4.78 is 5.78. The molecule has 1 aromatic rings. The van der Waals surface area contributed by atoms with Crippen LogP contribution in [-0.4, -0.2) is 11.1 Å². The molecule has 0 amide bonds. The lowest BCUT2D eigenvalue weighted by atomic mass is 9.98. The van der Waals surface area contributed by atoms with E-state index in [1.54, 1.807) is 12.3 Å². The zero-order valence-corrected chi connectivity index (χ0v) is 9.70. The van der Waals surface area contributed by atoms with Gasteiger partial charge in [0, 0.05) is 6.07 Å². The minimum absolute atomic E-state index is 0.248. The van der Waals surface area contributed by atoms with E-state index in [0.717, 1.165) is 12.8 Å². The fraction of sp³-hybridized carbons (Fsp3) is 0.500. The third-order valence-electron chi connectivity index (χ3n) is 2.78. The van der Waals surface area contributed by atoms with Crippen molar-refractivity contribution in [1.29, 1.82) is 5.26 Å². The Labute approximate surface area is 100 Å². The van der Waals surface area contributed by atoms with E-state index < -0.39 is 0 Å². The molecule has 16 heavy (non-hydrogen) atoms. The molecule has 1 aliphatic carbocycles. The SMILES string of the molecule is N#Cc1ncc(OC2CCCCC2)cc1Cl. The van der Waals surface area contributed by atoms with Crippen molar-refractivity contribution >= 4 is 11.6 Å². The summed E-state index contributed by atoms with van der Waals surface area (Å²) in [7, 11) is 0. The van der Waals surface area contributed by atoms with Crippen molar-refractivity contribution in [3.63, 3.8) is 0 Å². The van der Waals surface area contributed by atoms with Crippen LogP contribution >= 0.6 is 11.6 Å². The van der Waals surface area contributed by atoms with Crippen molar-refractivity contribution in [1.82, 2.24) is 4.98 Å². The molecular formula is C12H13ClN2O. The smallest absolute Gasteiger partial charge is 0.159 e. The largest absolute Gasteiger partial charge is 0.489 e. The second-order valence-corrected chi connectivity index (χ2v) is 4.40. The molecule has 1 saturated carbocycles. The van der Waals surface area contributed by atoms with Gasteiger partial charge in [-0.15, -0.1) is 0 Å². The summed E-state index contributed by atoms with van der Waals surface area (Å²) in [6.07, 6.45) is 7.78. The number of nitrogens with zero attached hydrogens (tertiary/aromatic N) is 2. The maximum atomic E-state index is 8.69. The van der Waals surface area contributed by atoms with Crippen molar-refractivity contribution in [3.05, 3.63) is 23.0 Å². The Morgan fingerprint density at radius 2 is 2.12 bits per heavy atom. The van der Waals surface area contributed by atoms with Gasteiger partial charge < -0.3 is 4.74 Å². The summed E-state index contributed by atoms with van der Waals surface area (Å²) in [6.45, 7) is 0. The molecule has 84 valence electrons. The normalized spacial score (nSPS) is 16.8. The second-order valence-electron chi connectivity index (χ2n) is 3.99. The first-order valence-electron chi connectivity index (χ1n) is 5.52. The summed E-state index contributed by atoms with van der Waals surface area (Å²) in [4.78, 5) is 3.94. The van der Waals surface area contributed by atoms with Crippen molar-refractivity contribution in [3.8, 4) is 11.8 Å². The fourth-order valence-corrected chi connectivity index (χ4v) is 2.14. The third-order valence-corrected chi connectivity index (χ3v) is 3.07. The molecule has 0 saturated heterocycles. The molecule has 0 atom stereocenters. The zero-order valence-electron chi connectivity index (χ0n) is 8.95. The summed E-state index contributed by atoms with van der Waals surface area (Å²) in [6, 6.07) is 3.60. The number of halogens is 1. The van der Waals surface area contributed by atoms with Gasteiger partial charge >= 0.3 is 0 Å². The van der Waals surface area contributed by atoms with Gasteiger partial charge in [0.05, 0.1) is 17.3 Å². The van der Waals surface area contributed by atoms with E-state index in [1.807, 2.05) is 6.07 Å². The minimum Gasteiger partial charge on any atom is -0.489 e. The molecule has 0 bridgehead atoms. The highest BCUT2D eigenvalue weighted by Gasteiger charge is 2.15. The van der Waals surface area contributed by atoms with Gasteiger partial charge in [-0.1, -0.05) is 18.0 Å². The van der Waals surface area contributed by atoms with Crippen LogP contribution in [0.1, 0.15) is 37.8 Å². The average molecular weight is 237 g/mol. The van der Waals surface area contributed by atoms with E-state index in [-0.39, 0.29) is 11.8 Å². The van der Waals surface area contributed by atoms with Crippen molar-refractivity contribution in [2.24, 2.45) is 0 Å². The lowest BCUT2D eigenvalue weighted by Gasteiger charge is -2.22. The van der Waals surface area contributed by atoms with Crippen LogP contribution in [0.3, 0.4) is 0 Å². The zero-order chi connectivity index (χ0) is 11.4. The Hall–Kier alpha value is -1.27. The van der Waals surface area contributed by atoms with E-state index in [2.05, 4.69) is 4.98 Å². The fourth-order valence-electron chi connectivity index (χ4n) is 1.94. The molecule has 1 aliphatic rings. The first kappa shape index (κ1) is 11.2. The number of ether oxygens (including phenoxy) is 1. The van der Waals surface area contributed by atoms with Gasteiger partial charge in [-0.3, -0.25) is 0 Å². The van der Waals surface area contributed by atoms with Crippen molar-refractivity contribution in [2.45, 2.75) is 38.2 Å². The van der Waals surface area contributed by atoms with Gasteiger partial charge in [0.25, 0.3) is 0 Å². The van der Waals surface area contributed by atoms with Crippen LogP contribution in [0.25, 0.3) is 0 Å². The molecule has 4 heteroatoms. The number of aromatic nitrogens is 1. The summed E-state index contributed by atoms with van der Waals surface area (Å²) in [5.74, 6) is 0.663. The van der Waals surface area contributed by atoms with Crippen LogP contribution in [0, 0.1) is 11.3 Å². The van der Waals surface area contributed by atoms with E-state index in [0.29, 0.717) is 10.8 Å². The maximum absolute atomic E-state index is 8.69. The van der Waals surface area contributed by atoms with Gasteiger partial charge in [0.1, 0.15) is 11.8 Å². The molecule has 1 aromatic heterocycles. The van der Waals surface area contributed by atoms with Crippen LogP contribution in [0.5, 0.6) is 5.75 Å². The second kappa shape index (κ2) is 5.18. The predicted molar refractivity (Wildman–Crippen MR) is 61.5 cm³/mol. The lowest BCUT2D eigenvalue weighted by molar-refractivity contribution is 0.154. The third kappa shape index (κ3) is 2.65. The Morgan fingerprint density at radius 1 is 1.38 bits per heavy atom. The Morgan fingerprint density at radius 3 is 2.75 bits per heavy atom. The first-order chi connectivity index (χ1) is 7.79. The molecule has 3 nitrogen and oxygen atoms in total. The van der Waals surface area contributed by atoms with E-state index in [1.165, 1.54) is 19.3 Å². The number of pyridine rings is 1. The van der Waals surface area contributed by atoms with Gasteiger partial charge in [0.15, 0.2) is 5.69 Å². The first-order valence-corrected chi connectivity index (χ1v) is 5.89. The number of hydrogen-bond donors (Lipinski definition) is 0. The lowest BCUT2D eigenvalue weighted by Crippen LogP contribution is -2.19. The van der Waals surface area contributed by atoms with Crippen molar-refractivity contribution in [2.75, 3.05) is 0 Å². The number of hydrogen-bond acceptors (Lipinski definition) is 3. The van der Waals surface area contributed by atoms with E-state index in [4.69, 9.17) is 21.6 Å². The molecule has 0 unspecified atom stereocenters. The standard InChI is InChI=1S/C12H13ClN2O/c13-11-6-10(8-15-12(11)7-14)16-9-4-2-1-3-5-9/h6,8-9H,1-5H2. The highest BCUT2D eigenvalue weighted by Crippen LogP contribution is 2.25. The van der Waals surface area contributed by atoms with Gasteiger partial charge in [-0.05, 0) is 25.7 Å². The molecule has 0 N–H and O–H groups in total. The molecular weight excluding hydrogens is 224 g/mol. The van der Waals surface area contributed by atoms with Gasteiger partial charge in [-0.25, -0.2) is 4.98 Å². The molecule has 1 fully saturated rings. The predicted octanol–water partition coefficient (Wildman–Crippen LogP) is 3.32. The topological polar surface area (TPSA) is 45.9 Å². The van der Waals surface area contributed by atoms with Crippen LogP contribution in [0.2, 0.25) is 5.02 Å². The highest BCUT2D eigenvalue weighted by molar-refractivity contribution is 6.31. The monoisotopic (exact) mass is 236 g/mol. The highest BCUT2D eigenvalue weighted by atomic mass is 35.5. The summed E-state index contributed by atoms with van der Waals surface area (Å²) in [5, 5.41) is 9.05. The van der Waals surface area contributed by atoms with Crippen LogP contribution in [-0.2, 0) is 0 Å². The quantitative estimate of drug-likeness (QED) is 0.791. The van der Waals surface area contributed by atoms with Gasteiger partial charge in [0.2, 0.25) is 0 Å². The minimum atomic E-state index is 0.248. The number of rotatable bonds is 2. The number of nitriles is 1. The molecule has 1 heterocycles. The van der Waals surface area contributed by atoms with Crippen LogP contribution < -0.4 is 4.74 Å². The summed E-state index contributed by atoms with van der Waals surface area (Å²) >= 11 is 5.88. The van der Waals surface area contributed by atoms with Crippen LogP contribution in [0.4, 0.5) is 0 Å². The Kier molecular flexibility index (Phi) is 3.63. The molecule has 2 rings (SSSR count). The molecule has 0 aromatic carbocycles. The van der Waals surface area contributed by atoms with E-state index >= 15 is 0 Å². The maximum Gasteiger partial charge on any atom is 0.159 e. The molecule has 0 spiro atoms. The Bertz CT molecular complexity index is 408. The average Bonchev–Trinajstić information content (AvgIpc) is 2.31. The molecule has 0 aliphatic heterocycles. The summed E-state index contributed by atoms with van der Waals surface area (Å²) in [5.41, 5.74) is 0.248. The Balaban J connectivity index is 2.04. The molecule has 0 radical (unpaired) electrons. The van der Waals surface area contributed by atoms with Gasteiger partial charge in [-0.2, -0.15) is 5.26 Å². The van der Waals surface area contributed by atoms with Crippen molar-refractivity contribution < 1.29 is 4.74 Å². The van der Waals surface area contributed by atoms with Crippen LogP contribution in [0.15, 0.2) is 12.3 Å². The van der Waals surface area contributed by atoms with E-state index in [9.17, 15) is 0 Å².